The summed E-state index contributed by atoms with van der Waals surface area (Å²) < 4.78 is 38.2. The Kier molecular flexibility index (Phi) is 6.20. The van der Waals surface area contributed by atoms with Crippen LogP contribution < -0.4 is 5.32 Å². The van der Waals surface area contributed by atoms with Crippen LogP contribution in [-0.2, 0) is 11.0 Å². The van der Waals surface area contributed by atoms with Gasteiger partial charge in [-0.2, -0.15) is 13.2 Å². The van der Waals surface area contributed by atoms with Crippen molar-refractivity contribution in [2.75, 3.05) is 6.54 Å². The summed E-state index contributed by atoms with van der Waals surface area (Å²) in [6.07, 6.45) is -2.94. The quantitative estimate of drug-likeness (QED) is 0.761. The molecule has 0 atom stereocenters. The van der Waals surface area contributed by atoms with E-state index < -0.39 is 29.2 Å². The van der Waals surface area contributed by atoms with E-state index in [4.69, 9.17) is 5.11 Å². The van der Waals surface area contributed by atoms with Gasteiger partial charge in [-0.05, 0) is 25.0 Å². The van der Waals surface area contributed by atoms with Gasteiger partial charge >= 0.3 is 12.1 Å². The molecule has 0 radical (unpaired) electrons. The average Bonchev–Trinajstić information content (AvgIpc) is 2.41. The molecule has 7 heteroatoms. The van der Waals surface area contributed by atoms with E-state index >= 15 is 0 Å². The van der Waals surface area contributed by atoms with Gasteiger partial charge in [0.05, 0.1) is 11.1 Å². The summed E-state index contributed by atoms with van der Waals surface area (Å²) in [7, 11) is 0. The number of hydrogen-bond acceptors (Lipinski definition) is 2. The van der Waals surface area contributed by atoms with Crippen LogP contribution >= 0.6 is 0 Å². The zero-order valence-corrected chi connectivity index (χ0v) is 11.2. The molecule has 21 heavy (non-hydrogen) atoms. The highest BCUT2D eigenvalue weighted by molar-refractivity contribution is 5.95. The summed E-state index contributed by atoms with van der Waals surface area (Å²) in [5.41, 5.74) is -1.37. The first-order chi connectivity index (χ1) is 9.82. The zero-order chi connectivity index (χ0) is 15.9. The number of carboxylic acid groups (broad SMARTS) is 1. The van der Waals surface area contributed by atoms with Crippen LogP contribution in [0.2, 0.25) is 0 Å². The van der Waals surface area contributed by atoms with E-state index in [2.05, 4.69) is 5.32 Å². The highest BCUT2D eigenvalue weighted by Gasteiger charge is 2.34. The molecule has 4 nitrogen and oxygen atoms in total. The first-order valence-corrected chi connectivity index (χ1v) is 6.48. The van der Waals surface area contributed by atoms with Crippen molar-refractivity contribution >= 4 is 11.9 Å². The van der Waals surface area contributed by atoms with Crippen molar-refractivity contribution in [1.82, 2.24) is 5.32 Å². The summed E-state index contributed by atoms with van der Waals surface area (Å²) >= 11 is 0. The molecule has 0 aliphatic heterocycles. The number of carbonyl (C=O) groups excluding carboxylic acids is 1. The first kappa shape index (κ1) is 17.0. The number of carboxylic acids is 1. The lowest BCUT2D eigenvalue weighted by Crippen LogP contribution is -2.27. The second-order valence-corrected chi connectivity index (χ2v) is 4.50. The molecule has 0 bridgehead atoms. The summed E-state index contributed by atoms with van der Waals surface area (Å²) in [5, 5.41) is 10.9. The van der Waals surface area contributed by atoms with Gasteiger partial charge in [-0.15, -0.1) is 0 Å². The Hall–Kier alpha value is -2.05. The Morgan fingerprint density at radius 1 is 1.10 bits per heavy atom. The number of rotatable bonds is 7. The van der Waals surface area contributed by atoms with E-state index in [0.717, 1.165) is 12.1 Å². The topological polar surface area (TPSA) is 66.4 Å². The summed E-state index contributed by atoms with van der Waals surface area (Å²) in [6.45, 7) is 0.213. The molecule has 0 fully saturated rings. The van der Waals surface area contributed by atoms with Gasteiger partial charge in [0.2, 0.25) is 0 Å². The van der Waals surface area contributed by atoms with Crippen LogP contribution in [0.3, 0.4) is 0 Å². The second kappa shape index (κ2) is 7.66. The van der Waals surface area contributed by atoms with Crippen molar-refractivity contribution in [2.45, 2.75) is 31.9 Å². The molecule has 1 amide bonds. The van der Waals surface area contributed by atoms with Crippen LogP contribution in [0.15, 0.2) is 24.3 Å². The highest BCUT2D eigenvalue weighted by atomic mass is 19.4. The van der Waals surface area contributed by atoms with E-state index in [1.807, 2.05) is 0 Å². The van der Waals surface area contributed by atoms with Gasteiger partial charge in [0.1, 0.15) is 0 Å². The highest BCUT2D eigenvalue weighted by Crippen LogP contribution is 2.31. The maximum absolute atomic E-state index is 12.7. The third-order valence-corrected chi connectivity index (χ3v) is 2.83. The zero-order valence-electron chi connectivity index (χ0n) is 11.2. The Morgan fingerprint density at radius 3 is 2.38 bits per heavy atom. The van der Waals surface area contributed by atoms with Gasteiger partial charge in [-0.1, -0.05) is 18.6 Å². The van der Waals surface area contributed by atoms with Crippen LogP contribution in [0, 0.1) is 0 Å². The molecule has 2 N–H and O–H groups in total. The van der Waals surface area contributed by atoms with E-state index in [0.29, 0.717) is 19.3 Å². The summed E-state index contributed by atoms with van der Waals surface area (Å²) in [4.78, 5) is 22.0. The fraction of sp³-hybridized carbons (Fsp3) is 0.429. The van der Waals surface area contributed by atoms with Gasteiger partial charge in [-0.3, -0.25) is 9.59 Å². The van der Waals surface area contributed by atoms with Crippen LogP contribution in [0.25, 0.3) is 0 Å². The standard InChI is InChI=1S/C14H16F3NO3/c15-14(16,17)11-7-4-3-6-10(11)13(21)18-9-5-1-2-8-12(19)20/h3-4,6-7H,1-2,5,8-9H2,(H,18,21)(H,19,20). The molecule has 0 aromatic heterocycles. The summed E-state index contributed by atoms with van der Waals surface area (Å²) in [6, 6.07) is 4.59. The monoisotopic (exact) mass is 303 g/mol. The maximum atomic E-state index is 12.7. The van der Waals surface area contributed by atoms with Crippen LogP contribution in [0.4, 0.5) is 13.2 Å². The van der Waals surface area contributed by atoms with Gasteiger partial charge in [0.25, 0.3) is 5.91 Å². The molecule has 0 saturated heterocycles. The molecule has 1 aromatic rings. The molecule has 1 aromatic carbocycles. The number of hydrogen-bond donors (Lipinski definition) is 2. The largest absolute Gasteiger partial charge is 0.481 e. The van der Waals surface area contributed by atoms with Crippen LogP contribution in [0.1, 0.15) is 41.6 Å². The minimum absolute atomic E-state index is 0.0465. The number of amides is 1. The van der Waals surface area contributed by atoms with Crippen molar-refractivity contribution in [3.63, 3.8) is 0 Å². The Balaban J connectivity index is 2.48. The fourth-order valence-electron chi connectivity index (χ4n) is 1.80. The van der Waals surface area contributed by atoms with E-state index in [1.165, 1.54) is 12.1 Å². The Bertz CT molecular complexity index is 500. The summed E-state index contributed by atoms with van der Waals surface area (Å²) in [5.74, 6) is -1.67. The van der Waals surface area contributed by atoms with Crippen LogP contribution in [-0.4, -0.2) is 23.5 Å². The maximum Gasteiger partial charge on any atom is 0.417 e. The Labute approximate surface area is 120 Å². The van der Waals surface area contributed by atoms with Gasteiger partial charge in [-0.25, -0.2) is 0 Å². The minimum Gasteiger partial charge on any atom is -0.481 e. The van der Waals surface area contributed by atoms with E-state index in [1.54, 1.807) is 0 Å². The number of alkyl halides is 3. The fourth-order valence-corrected chi connectivity index (χ4v) is 1.80. The van der Waals surface area contributed by atoms with Crippen molar-refractivity contribution in [1.29, 1.82) is 0 Å². The van der Waals surface area contributed by atoms with E-state index in [-0.39, 0.29) is 13.0 Å². The molecule has 0 spiro atoms. The molecule has 0 heterocycles. The van der Waals surface area contributed by atoms with Crippen molar-refractivity contribution < 1.29 is 27.9 Å². The third kappa shape index (κ3) is 5.85. The number of unbranched alkanes of at least 4 members (excludes halogenated alkanes) is 2. The molecular weight excluding hydrogens is 287 g/mol. The smallest absolute Gasteiger partial charge is 0.417 e. The molecule has 0 aliphatic carbocycles. The number of aliphatic carboxylic acids is 1. The lowest BCUT2D eigenvalue weighted by molar-refractivity contribution is -0.138. The predicted molar refractivity (Wildman–Crippen MR) is 69.9 cm³/mol. The van der Waals surface area contributed by atoms with Crippen molar-refractivity contribution in [2.24, 2.45) is 0 Å². The molecule has 0 saturated carbocycles. The first-order valence-electron chi connectivity index (χ1n) is 6.48. The van der Waals surface area contributed by atoms with E-state index in [9.17, 15) is 22.8 Å². The molecule has 0 aliphatic rings. The molecular formula is C14H16F3NO3. The lowest BCUT2D eigenvalue weighted by Gasteiger charge is -2.12. The lowest BCUT2D eigenvalue weighted by atomic mass is 10.1. The Morgan fingerprint density at radius 2 is 1.76 bits per heavy atom. The minimum atomic E-state index is -4.57. The second-order valence-electron chi connectivity index (χ2n) is 4.50. The van der Waals surface area contributed by atoms with Gasteiger partial charge in [0, 0.05) is 13.0 Å². The normalized spacial score (nSPS) is 11.2. The number of benzene rings is 1. The SMILES string of the molecule is O=C(O)CCCCCNC(=O)c1ccccc1C(F)(F)F. The van der Waals surface area contributed by atoms with Crippen LogP contribution in [0.5, 0.6) is 0 Å². The number of nitrogens with one attached hydrogen (secondary N) is 1. The van der Waals surface area contributed by atoms with Crippen molar-refractivity contribution in [3.05, 3.63) is 35.4 Å². The predicted octanol–water partition coefficient (Wildman–Crippen LogP) is 3.08. The number of halogens is 3. The molecule has 1 rings (SSSR count). The van der Waals surface area contributed by atoms with Gasteiger partial charge in [0.15, 0.2) is 0 Å². The third-order valence-electron chi connectivity index (χ3n) is 2.83. The number of carbonyl (C=O) groups is 2. The molecule has 0 unspecified atom stereocenters. The molecule has 116 valence electrons. The average molecular weight is 303 g/mol. The van der Waals surface area contributed by atoms with Crippen molar-refractivity contribution in [3.8, 4) is 0 Å². The van der Waals surface area contributed by atoms with Gasteiger partial charge < -0.3 is 10.4 Å².